The minimum absolute atomic E-state index is 0.0514. The Kier molecular flexibility index (Phi) is 5.65. The van der Waals surface area contributed by atoms with Gasteiger partial charge in [0.25, 0.3) is 5.56 Å². The number of piperidine rings is 1. The molecule has 28 heavy (non-hydrogen) atoms. The van der Waals surface area contributed by atoms with Crippen molar-refractivity contribution in [3.05, 3.63) is 26.7 Å². The van der Waals surface area contributed by atoms with Gasteiger partial charge in [0, 0.05) is 19.5 Å². The van der Waals surface area contributed by atoms with Crippen molar-refractivity contribution in [2.45, 2.75) is 52.0 Å². The van der Waals surface area contributed by atoms with Crippen LogP contribution in [0.4, 0.5) is 0 Å². The minimum atomic E-state index is -0.382. The first kappa shape index (κ1) is 19.4. The largest absolute Gasteiger partial charge is 0.350 e. The fraction of sp³-hybridized carbons (Fsp3) is 0.737. The molecule has 2 fully saturated rings. The predicted molar refractivity (Wildman–Crippen MR) is 104 cm³/mol. The highest BCUT2D eigenvalue weighted by Crippen LogP contribution is 2.26. The maximum absolute atomic E-state index is 12.4. The summed E-state index contributed by atoms with van der Waals surface area (Å²) in [6, 6.07) is 0. The fourth-order valence-electron chi connectivity index (χ4n) is 4.19. The summed E-state index contributed by atoms with van der Waals surface area (Å²) < 4.78 is 14.7. The highest BCUT2D eigenvalue weighted by molar-refractivity contribution is 5.70. The van der Waals surface area contributed by atoms with Gasteiger partial charge in [-0.25, -0.2) is 9.78 Å². The molecular formula is C19H29N5O4. The molecule has 2 aromatic rings. The summed E-state index contributed by atoms with van der Waals surface area (Å²) >= 11 is 0. The zero-order chi connectivity index (χ0) is 19.7. The lowest BCUT2D eigenvalue weighted by Crippen LogP contribution is -2.38. The van der Waals surface area contributed by atoms with Crippen molar-refractivity contribution in [2.24, 2.45) is 13.0 Å². The topological polar surface area (TPSA) is 94.4 Å². The van der Waals surface area contributed by atoms with Crippen molar-refractivity contribution >= 4 is 11.2 Å². The molecule has 9 nitrogen and oxygen atoms in total. The first-order valence-corrected chi connectivity index (χ1v) is 10.2. The van der Waals surface area contributed by atoms with Crippen LogP contribution in [0.2, 0.25) is 0 Å². The summed E-state index contributed by atoms with van der Waals surface area (Å²) in [4.78, 5) is 34.1. The molecule has 1 N–H and O–H groups in total. The van der Waals surface area contributed by atoms with Crippen LogP contribution in [0.15, 0.2) is 9.59 Å². The van der Waals surface area contributed by atoms with Gasteiger partial charge in [0.15, 0.2) is 17.5 Å². The fourth-order valence-corrected chi connectivity index (χ4v) is 4.19. The van der Waals surface area contributed by atoms with Gasteiger partial charge in [-0.2, -0.15) is 0 Å². The van der Waals surface area contributed by atoms with Gasteiger partial charge in [-0.1, -0.05) is 13.3 Å². The lowest BCUT2D eigenvalue weighted by Gasteiger charge is -2.33. The van der Waals surface area contributed by atoms with Gasteiger partial charge >= 0.3 is 5.69 Å². The Hall–Kier alpha value is -1.97. The van der Waals surface area contributed by atoms with Gasteiger partial charge in [0.05, 0.1) is 19.8 Å². The molecule has 0 spiro atoms. The molecule has 2 aliphatic heterocycles. The highest BCUT2D eigenvalue weighted by atomic mass is 16.7. The van der Waals surface area contributed by atoms with E-state index >= 15 is 0 Å². The molecule has 0 aliphatic carbocycles. The van der Waals surface area contributed by atoms with Crippen molar-refractivity contribution in [3.8, 4) is 0 Å². The van der Waals surface area contributed by atoms with Crippen LogP contribution in [0.3, 0.4) is 0 Å². The summed E-state index contributed by atoms with van der Waals surface area (Å²) in [7, 11) is 1.85. The zero-order valence-electron chi connectivity index (χ0n) is 16.6. The summed E-state index contributed by atoms with van der Waals surface area (Å²) in [5.41, 5.74) is 0.201. The Morgan fingerprint density at radius 2 is 1.89 bits per heavy atom. The van der Waals surface area contributed by atoms with E-state index in [1.54, 1.807) is 4.57 Å². The molecule has 4 heterocycles. The SMILES string of the molecule is CCCCn1c(=O)[nH]c(=O)c2c1nc(CN1CCC(C3OCCO3)CC1)n2C. The number of likely N-dealkylation sites (tertiary alicyclic amines) is 1. The van der Waals surface area contributed by atoms with Gasteiger partial charge in [-0.15, -0.1) is 0 Å². The molecule has 0 aromatic carbocycles. The standard InChI is InChI=1S/C19H29N5O4/c1-3-4-7-24-16-15(17(25)21-19(24)26)22(2)14(20-16)12-23-8-5-13(6-9-23)18-27-10-11-28-18/h13,18H,3-12H2,1-2H3,(H,21,25,26). The summed E-state index contributed by atoms with van der Waals surface area (Å²) in [6.45, 7) is 6.56. The normalized spacial score (nSPS) is 19.8. The number of aromatic nitrogens is 4. The van der Waals surface area contributed by atoms with Gasteiger partial charge < -0.3 is 14.0 Å². The quantitative estimate of drug-likeness (QED) is 0.783. The van der Waals surface area contributed by atoms with E-state index in [1.807, 2.05) is 11.6 Å². The van der Waals surface area contributed by atoms with Gasteiger partial charge in [0.1, 0.15) is 5.82 Å². The van der Waals surface area contributed by atoms with E-state index in [9.17, 15) is 9.59 Å². The number of aromatic amines is 1. The Labute approximate surface area is 163 Å². The molecular weight excluding hydrogens is 362 g/mol. The second-order valence-electron chi connectivity index (χ2n) is 7.75. The van der Waals surface area contributed by atoms with E-state index in [0.717, 1.165) is 44.6 Å². The molecule has 2 saturated heterocycles. The molecule has 0 atom stereocenters. The van der Waals surface area contributed by atoms with E-state index < -0.39 is 0 Å². The van der Waals surface area contributed by atoms with Crippen molar-refractivity contribution in [1.29, 1.82) is 0 Å². The van der Waals surface area contributed by atoms with Crippen LogP contribution < -0.4 is 11.2 Å². The molecule has 0 unspecified atom stereocenters. The summed E-state index contributed by atoms with van der Waals surface area (Å²) in [6.07, 6.45) is 3.83. The van der Waals surface area contributed by atoms with Crippen molar-refractivity contribution < 1.29 is 9.47 Å². The Morgan fingerprint density at radius 3 is 2.57 bits per heavy atom. The second-order valence-corrected chi connectivity index (χ2v) is 7.75. The molecule has 0 bridgehead atoms. The molecule has 0 amide bonds. The number of aryl methyl sites for hydroxylation is 2. The lowest BCUT2D eigenvalue weighted by atomic mass is 9.96. The van der Waals surface area contributed by atoms with Crippen LogP contribution in [0.1, 0.15) is 38.4 Å². The van der Waals surface area contributed by atoms with Crippen molar-refractivity contribution in [3.63, 3.8) is 0 Å². The maximum atomic E-state index is 12.4. The average molecular weight is 391 g/mol. The number of hydrogen-bond donors (Lipinski definition) is 1. The first-order chi connectivity index (χ1) is 13.6. The predicted octanol–water partition coefficient (Wildman–Crippen LogP) is 0.808. The first-order valence-electron chi connectivity index (χ1n) is 10.2. The molecule has 2 aliphatic rings. The number of nitrogens with one attached hydrogen (secondary N) is 1. The molecule has 154 valence electrons. The van der Waals surface area contributed by atoms with Gasteiger partial charge in [0.2, 0.25) is 0 Å². The zero-order valence-corrected chi connectivity index (χ0v) is 16.6. The number of imidazole rings is 1. The number of H-pyrrole nitrogens is 1. The van der Waals surface area contributed by atoms with E-state index in [0.29, 0.717) is 43.4 Å². The van der Waals surface area contributed by atoms with Crippen LogP contribution in [0.5, 0.6) is 0 Å². The second kappa shape index (κ2) is 8.18. The summed E-state index contributed by atoms with van der Waals surface area (Å²) in [5, 5.41) is 0. The van der Waals surface area contributed by atoms with E-state index in [-0.39, 0.29) is 17.5 Å². The van der Waals surface area contributed by atoms with Crippen molar-refractivity contribution in [2.75, 3.05) is 26.3 Å². The third-order valence-electron chi connectivity index (χ3n) is 5.87. The number of rotatable bonds is 6. The van der Waals surface area contributed by atoms with E-state index in [4.69, 9.17) is 14.5 Å². The average Bonchev–Trinajstić information content (AvgIpc) is 3.32. The van der Waals surface area contributed by atoms with Crippen LogP contribution >= 0.6 is 0 Å². The van der Waals surface area contributed by atoms with Crippen LogP contribution in [-0.4, -0.2) is 56.6 Å². The number of unbranched alkanes of at least 4 members (excludes halogenated alkanes) is 1. The van der Waals surface area contributed by atoms with Gasteiger partial charge in [-0.05, 0) is 32.4 Å². The number of nitrogens with zero attached hydrogens (tertiary/aromatic N) is 4. The summed E-state index contributed by atoms with van der Waals surface area (Å²) in [5.74, 6) is 1.25. The number of ether oxygens (including phenoxy) is 2. The molecule has 0 radical (unpaired) electrons. The Balaban J connectivity index is 1.53. The molecule has 9 heteroatoms. The van der Waals surface area contributed by atoms with Crippen molar-refractivity contribution in [1.82, 2.24) is 24.0 Å². The molecule has 4 rings (SSSR count). The monoisotopic (exact) mass is 391 g/mol. The van der Waals surface area contributed by atoms with Crippen LogP contribution in [0.25, 0.3) is 11.2 Å². The Morgan fingerprint density at radius 1 is 1.18 bits per heavy atom. The number of hydrogen-bond acceptors (Lipinski definition) is 6. The minimum Gasteiger partial charge on any atom is -0.350 e. The van der Waals surface area contributed by atoms with Crippen LogP contribution in [0, 0.1) is 5.92 Å². The third kappa shape index (κ3) is 3.66. The lowest BCUT2D eigenvalue weighted by molar-refractivity contribution is -0.0979. The molecule has 0 saturated carbocycles. The van der Waals surface area contributed by atoms with Crippen LogP contribution in [-0.2, 0) is 29.6 Å². The highest BCUT2D eigenvalue weighted by Gasteiger charge is 2.31. The van der Waals surface area contributed by atoms with Gasteiger partial charge in [-0.3, -0.25) is 19.2 Å². The third-order valence-corrected chi connectivity index (χ3v) is 5.87. The maximum Gasteiger partial charge on any atom is 0.330 e. The molecule has 2 aromatic heterocycles. The Bertz CT molecular complexity index is 932. The smallest absolute Gasteiger partial charge is 0.330 e. The van der Waals surface area contributed by atoms with E-state index in [1.165, 1.54) is 0 Å². The number of fused-ring (bicyclic) bond motifs is 1. The van der Waals surface area contributed by atoms with E-state index in [2.05, 4.69) is 16.8 Å².